The van der Waals surface area contributed by atoms with E-state index in [2.05, 4.69) is 14.9 Å². The Hall–Kier alpha value is -2.44. The SMILES string of the molecule is COc1cc2c(N)nc(N3CCCC3)nc2c(OC)c1OC. The van der Waals surface area contributed by atoms with Gasteiger partial charge in [0, 0.05) is 13.1 Å². The Balaban J connectivity index is 2.26. The molecular weight excluding hydrogens is 284 g/mol. The van der Waals surface area contributed by atoms with Crippen molar-refractivity contribution in [2.24, 2.45) is 0 Å². The fraction of sp³-hybridized carbons (Fsp3) is 0.467. The highest BCUT2D eigenvalue weighted by molar-refractivity contribution is 5.97. The molecule has 1 aromatic carbocycles. The molecule has 118 valence electrons. The van der Waals surface area contributed by atoms with Crippen LogP contribution in [0.15, 0.2) is 6.07 Å². The van der Waals surface area contributed by atoms with Crippen molar-refractivity contribution in [3.63, 3.8) is 0 Å². The molecule has 2 aromatic rings. The summed E-state index contributed by atoms with van der Waals surface area (Å²) in [5, 5.41) is 0.692. The van der Waals surface area contributed by atoms with E-state index in [0.717, 1.165) is 25.9 Å². The van der Waals surface area contributed by atoms with Crippen molar-refractivity contribution in [3.8, 4) is 17.2 Å². The molecule has 22 heavy (non-hydrogen) atoms. The quantitative estimate of drug-likeness (QED) is 0.922. The molecule has 1 saturated heterocycles. The summed E-state index contributed by atoms with van der Waals surface area (Å²) >= 11 is 0. The highest BCUT2D eigenvalue weighted by atomic mass is 16.5. The minimum absolute atomic E-state index is 0.408. The van der Waals surface area contributed by atoms with Gasteiger partial charge in [0.2, 0.25) is 11.7 Å². The number of hydrogen-bond donors (Lipinski definition) is 1. The van der Waals surface area contributed by atoms with Crippen LogP contribution in [0.25, 0.3) is 10.9 Å². The summed E-state index contributed by atoms with van der Waals surface area (Å²) in [7, 11) is 4.71. The predicted octanol–water partition coefficient (Wildman–Crippen LogP) is 1.84. The smallest absolute Gasteiger partial charge is 0.228 e. The van der Waals surface area contributed by atoms with E-state index in [1.807, 2.05) is 0 Å². The van der Waals surface area contributed by atoms with Gasteiger partial charge in [-0.3, -0.25) is 0 Å². The van der Waals surface area contributed by atoms with Crippen LogP contribution in [0.2, 0.25) is 0 Å². The third kappa shape index (κ3) is 2.22. The minimum Gasteiger partial charge on any atom is -0.493 e. The van der Waals surface area contributed by atoms with Crippen LogP contribution in [-0.2, 0) is 0 Å². The predicted molar refractivity (Wildman–Crippen MR) is 85.1 cm³/mol. The Morgan fingerprint density at radius 3 is 2.27 bits per heavy atom. The highest BCUT2D eigenvalue weighted by Gasteiger charge is 2.22. The highest BCUT2D eigenvalue weighted by Crippen LogP contribution is 2.44. The first-order chi connectivity index (χ1) is 10.7. The van der Waals surface area contributed by atoms with E-state index in [-0.39, 0.29) is 0 Å². The van der Waals surface area contributed by atoms with Gasteiger partial charge in [-0.1, -0.05) is 0 Å². The second-order valence-corrected chi connectivity index (χ2v) is 5.14. The van der Waals surface area contributed by atoms with Gasteiger partial charge in [-0.2, -0.15) is 4.98 Å². The average Bonchev–Trinajstić information content (AvgIpc) is 3.07. The van der Waals surface area contributed by atoms with Crippen LogP contribution in [0.5, 0.6) is 17.2 Å². The lowest BCUT2D eigenvalue weighted by molar-refractivity contribution is 0.327. The standard InChI is InChI=1S/C15H20N4O3/c1-20-10-8-9-11(13(22-3)12(10)21-2)17-15(18-14(9)16)19-6-4-5-7-19/h8H,4-7H2,1-3H3,(H2,16,17,18). The fourth-order valence-corrected chi connectivity index (χ4v) is 2.80. The van der Waals surface area contributed by atoms with Gasteiger partial charge in [-0.15, -0.1) is 0 Å². The molecule has 0 unspecified atom stereocenters. The molecule has 1 aliphatic rings. The molecule has 0 amide bonds. The third-order valence-electron chi connectivity index (χ3n) is 3.90. The number of benzene rings is 1. The number of hydrogen-bond acceptors (Lipinski definition) is 7. The zero-order valence-corrected chi connectivity index (χ0v) is 13.0. The zero-order chi connectivity index (χ0) is 15.7. The van der Waals surface area contributed by atoms with Crippen LogP contribution in [0.3, 0.4) is 0 Å². The monoisotopic (exact) mass is 304 g/mol. The van der Waals surface area contributed by atoms with Crippen molar-refractivity contribution in [1.82, 2.24) is 9.97 Å². The first-order valence-corrected chi connectivity index (χ1v) is 7.20. The average molecular weight is 304 g/mol. The maximum absolute atomic E-state index is 6.13. The Labute approximate surface area is 129 Å². The van der Waals surface area contributed by atoms with Crippen molar-refractivity contribution in [3.05, 3.63) is 6.07 Å². The summed E-state index contributed by atoms with van der Waals surface area (Å²) in [6, 6.07) is 1.78. The molecule has 0 spiro atoms. The van der Waals surface area contributed by atoms with Gasteiger partial charge in [0.15, 0.2) is 11.5 Å². The van der Waals surface area contributed by atoms with Crippen molar-refractivity contribution < 1.29 is 14.2 Å². The first kappa shape index (κ1) is 14.5. The van der Waals surface area contributed by atoms with E-state index >= 15 is 0 Å². The lowest BCUT2D eigenvalue weighted by Crippen LogP contribution is -2.21. The molecule has 3 rings (SSSR count). The van der Waals surface area contributed by atoms with Crippen LogP contribution < -0.4 is 24.8 Å². The Morgan fingerprint density at radius 1 is 1.00 bits per heavy atom. The summed E-state index contributed by atoms with van der Waals surface area (Å²) < 4.78 is 16.2. The Kier molecular flexibility index (Phi) is 3.79. The summed E-state index contributed by atoms with van der Waals surface area (Å²) in [6.45, 7) is 1.89. The Bertz CT molecular complexity index is 699. The normalized spacial score (nSPS) is 14.4. The van der Waals surface area contributed by atoms with Crippen molar-refractivity contribution in [2.45, 2.75) is 12.8 Å². The molecule has 0 atom stereocenters. The van der Waals surface area contributed by atoms with Crippen molar-refractivity contribution >= 4 is 22.7 Å². The molecule has 1 fully saturated rings. The molecule has 0 saturated carbocycles. The summed E-state index contributed by atoms with van der Waals surface area (Å²) in [6.07, 6.45) is 2.29. The van der Waals surface area contributed by atoms with Crippen LogP contribution in [0, 0.1) is 0 Å². The van der Waals surface area contributed by atoms with Gasteiger partial charge in [0.25, 0.3) is 0 Å². The number of rotatable bonds is 4. The van der Waals surface area contributed by atoms with E-state index in [1.165, 1.54) is 0 Å². The number of nitrogens with zero attached hydrogens (tertiary/aromatic N) is 3. The number of nitrogens with two attached hydrogens (primary N) is 1. The van der Waals surface area contributed by atoms with Crippen LogP contribution >= 0.6 is 0 Å². The van der Waals surface area contributed by atoms with Crippen molar-refractivity contribution in [1.29, 1.82) is 0 Å². The molecule has 1 aromatic heterocycles. The summed E-state index contributed by atoms with van der Waals surface area (Å²) in [5.74, 6) is 2.59. The maximum Gasteiger partial charge on any atom is 0.228 e. The van der Waals surface area contributed by atoms with E-state index in [9.17, 15) is 0 Å². The van der Waals surface area contributed by atoms with Crippen LogP contribution in [-0.4, -0.2) is 44.4 Å². The molecule has 7 heteroatoms. The lowest BCUT2D eigenvalue weighted by atomic mass is 10.2. The third-order valence-corrected chi connectivity index (χ3v) is 3.90. The molecular formula is C15H20N4O3. The fourth-order valence-electron chi connectivity index (χ4n) is 2.80. The maximum atomic E-state index is 6.13. The topological polar surface area (TPSA) is 82.7 Å². The summed E-state index contributed by atoms with van der Waals surface area (Å²) in [4.78, 5) is 11.2. The van der Waals surface area contributed by atoms with Gasteiger partial charge in [-0.25, -0.2) is 4.98 Å². The number of aromatic nitrogens is 2. The van der Waals surface area contributed by atoms with Gasteiger partial charge in [0.05, 0.1) is 26.7 Å². The lowest BCUT2D eigenvalue weighted by Gasteiger charge is -2.19. The molecule has 0 radical (unpaired) electrons. The van der Waals surface area contributed by atoms with Gasteiger partial charge in [-0.05, 0) is 18.9 Å². The van der Waals surface area contributed by atoms with Gasteiger partial charge < -0.3 is 24.8 Å². The van der Waals surface area contributed by atoms with E-state index < -0.39 is 0 Å². The zero-order valence-electron chi connectivity index (χ0n) is 13.0. The van der Waals surface area contributed by atoms with Crippen LogP contribution in [0.4, 0.5) is 11.8 Å². The number of anilines is 2. The molecule has 7 nitrogen and oxygen atoms in total. The van der Waals surface area contributed by atoms with E-state index in [1.54, 1.807) is 27.4 Å². The second-order valence-electron chi connectivity index (χ2n) is 5.14. The summed E-state index contributed by atoms with van der Waals surface area (Å²) in [5.41, 5.74) is 6.77. The molecule has 0 bridgehead atoms. The molecule has 1 aliphatic heterocycles. The van der Waals surface area contributed by atoms with Gasteiger partial charge >= 0.3 is 0 Å². The Morgan fingerprint density at radius 2 is 1.68 bits per heavy atom. The van der Waals surface area contributed by atoms with Gasteiger partial charge in [0.1, 0.15) is 11.3 Å². The largest absolute Gasteiger partial charge is 0.493 e. The number of methoxy groups -OCH3 is 3. The number of ether oxygens (including phenoxy) is 3. The van der Waals surface area contributed by atoms with Crippen molar-refractivity contribution in [2.75, 3.05) is 45.1 Å². The van der Waals surface area contributed by atoms with Crippen LogP contribution in [0.1, 0.15) is 12.8 Å². The molecule has 2 heterocycles. The van der Waals surface area contributed by atoms with E-state index in [0.29, 0.717) is 39.9 Å². The molecule has 0 aliphatic carbocycles. The molecule has 2 N–H and O–H groups in total. The van der Waals surface area contributed by atoms with E-state index in [4.69, 9.17) is 19.9 Å². The minimum atomic E-state index is 0.408. The number of fused-ring (bicyclic) bond motifs is 1. The number of nitrogen functional groups attached to an aromatic ring is 1. The first-order valence-electron chi connectivity index (χ1n) is 7.20. The second kappa shape index (κ2) is 5.75.